The maximum absolute atomic E-state index is 9.42. The van der Waals surface area contributed by atoms with Crippen molar-refractivity contribution in [2.24, 2.45) is 0 Å². The van der Waals surface area contributed by atoms with Gasteiger partial charge in [-0.1, -0.05) is 0 Å². The zero-order valence-electron chi connectivity index (χ0n) is 8.86. The SMILES string of the molecule is [CH2-]N1CCC(N2CCC(O)CC2)CC1. The molecule has 3 nitrogen and oxygen atoms in total. The van der Waals surface area contributed by atoms with Gasteiger partial charge in [-0.3, -0.25) is 7.05 Å². The monoisotopic (exact) mass is 197 g/mol. The summed E-state index contributed by atoms with van der Waals surface area (Å²) in [6.45, 7) is 4.43. The molecule has 0 aromatic rings. The van der Waals surface area contributed by atoms with Crippen molar-refractivity contribution in [3.8, 4) is 0 Å². The lowest BCUT2D eigenvalue weighted by molar-refractivity contribution is 0.0437. The molecule has 2 fully saturated rings. The number of aliphatic hydroxyl groups is 1. The molecule has 0 aromatic heterocycles. The van der Waals surface area contributed by atoms with Gasteiger partial charge in [-0.25, -0.2) is 0 Å². The molecule has 0 spiro atoms. The van der Waals surface area contributed by atoms with Gasteiger partial charge in [-0.2, -0.15) is 0 Å². The number of likely N-dealkylation sites (tertiary alicyclic amines) is 2. The van der Waals surface area contributed by atoms with Crippen LogP contribution >= 0.6 is 0 Å². The van der Waals surface area contributed by atoms with Crippen LogP contribution in [0.1, 0.15) is 25.7 Å². The quantitative estimate of drug-likeness (QED) is 0.627. The summed E-state index contributed by atoms with van der Waals surface area (Å²) in [5.41, 5.74) is 0. The van der Waals surface area contributed by atoms with Crippen molar-refractivity contribution >= 4 is 0 Å². The fourth-order valence-corrected chi connectivity index (χ4v) is 2.54. The fourth-order valence-electron chi connectivity index (χ4n) is 2.54. The molecule has 0 saturated carbocycles. The van der Waals surface area contributed by atoms with Gasteiger partial charge in [0, 0.05) is 19.1 Å². The van der Waals surface area contributed by atoms with Gasteiger partial charge in [-0.05, 0) is 38.8 Å². The first-order valence-electron chi connectivity index (χ1n) is 5.73. The van der Waals surface area contributed by atoms with E-state index in [0.29, 0.717) is 0 Å². The minimum atomic E-state index is -0.0424. The van der Waals surface area contributed by atoms with Gasteiger partial charge in [0.25, 0.3) is 0 Å². The van der Waals surface area contributed by atoms with Crippen LogP contribution in [0.5, 0.6) is 0 Å². The van der Waals surface area contributed by atoms with Crippen LogP contribution < -0.4 is 0 Å². The van der Waals surface area contributed by atoms with Gasteiger partial charge in [0.15, 0.2) is 0 Å². The van der Waals surface area contributed by atoms with Gasteiger partial charge in [0.2, 0.25) is 0 Å². The van der Waals surface area contributed by atoms with E-state index in [1.165, 1.54) is 12.8 Å². The molecule has 2 rings (SSSR count). The van der Waals surface area contributed by atoms with Crippen LogP contribution in [0.2, 0.25) is 0 Å². The minimum Gasteiger partial charge on any atom is -0.459 e. The number of rotatable bonds is 1. The van der Waals surface area contributed by atoms with Crippen molar-refractivity contribution in [2.45, 2.75) is 37.8 Å². The van der Waals surface area contributed by atoms with Crippen molar-refractivity contribution < 1.29 is 5.11 Å². The summed E-state index contributed by atoms with van der Waals surface area (Å²) in [6, 6.07) is 0.750. The molecule has 2 saturated heterocycles. The van der Waals surface area contributed by atoms with Crippen molar-refractivity contribution in [1.29, 1.82) is 0 Å². The standard InChI is InChI=1S/C11H21N2O/c1-12-6-2-10(3-7-12)13-8-4-11(14)5-9-13/h10-11,14H,1-9H2/q-1. The highest BCUT2D eigenvalue weighted by Crippen LogP contribution is 2.20. The van der Waals surface area contributed by atoms with E-state index in [0.717, 1.165) is 45.1 Å². The maximum atomic E-state index is 9.42. The Morgan fingerprint density at radius 3 is 2.07 bits per heavy atom. The molecule has 14 heavy (non-hydrogen) atoms. The van der Waals surface area contributed by atoms with E-state index in [1.54, 1.807) is 0 Å². The molecule has 3 heteroatoms. The van der Waals surface area contributed by atoms with Crippen LogP contribution in [0.15, 0.2) is 0 Å². The van der Waals surface area contributed by atoms with E-state index in [2.05, 4.69) is 16.8 Å². The van der Waals surface area contributed by atoms with E-state index < -0.39 is 0 Å². The molecule has 0 radical (unpaired) electrons. The Morgan fingerprint density at radius 1 is 0.929 bits per heavy atom. The lowest BCUT2D eigenvalue weighted by atomic mass is 9.99. The fraction of sp³-hybridized carbons (Fsp3) is 0.909. The van der Waals surface area contributed by atoms with Gasteiger partial charge in [0.1, 0.15) is 0 Å². The number of piperidine rings is 2. The first-order chi connectivity index (χ1) is 6.75. The second-order valence-electron chi connectivity index (χ2n) is 4.62. The molecular weight excluding hydrogens is 176 g/mol. The Balaban J connectivity index is 1.78. The van der Waals surface area contributed by atoms with Crippen LogP contribution in [-0.2, 0) is 0 Å². The highest BCUT2D eigenvalue weighted by Gasteiger charge is 2.25. The van der Waals surface area contributed by atoms with Crippen LogP contribution in [-0.4, -0.2) is 53.2 Å². The summed E-state index contributed by atoms with van der Waals surface area (Å²) in [5, 5.41) is 9.42. The summed E-state index contributed by atoms with van der Waals surface area (Å²) in [6.07, 6.45) is 4.38. The smallest absolute Gasteiger partial charge is 0.0564 e. The lowest BCUT2D eigenvalue weighted by Gasteiger charge is -2.42. The van der Waals surface area contributed by atoms with Crippen LogP contribution in [0.4, 0.5) is 0 Å². The molecule has 0 aliphatic carbocycles. The summed E-state index contributed by atoms with van der Waals surface area (Å²) in [5.74, 6) is 0. The third kappa shape index (κ3) is 2.47. The van der Waals surface area contributed by atoms with E-state index in [-0.39, 0.29) is 6.10 Å². The molecule has 2 aliphatic heterocycles. The second kappa shape index (κ2) is 4.60. The van der Waals surface area contributed by atoms with Gasteiger partial charge in [-0.15, -0.1) is 0 Å². The average Bonchev–Trinajstić information content (AvgIpc) is 2.21. The van der Waals surface area contributed by atoms with Crippen molar-refractivity contribution in [1.82, 2.24) is 9.80 Å². The summed E-state index contributed by atoms with van der Waals surface area (Å²) >= 11 is 0. The van der Waals surface area contributed by atoms with Gasteiger partial charge < -0.3 is 14.9 Å². The van der Waals surface area contributed by atoms with Crippen molar-refractivity contribution in [2.75, 3.05) is 26.2 Å². The van der Waals surface area contributed by atoms with Crippen LogP contribution in [0.25, 0.3) is 0 Å². The third-order valence-corrected chi connectivity index (χ3v) is 3.57. The van der Waals surface area contributed by atoms with Crippen molar-refractivity contribution in [3.63, 3.8) is 0 Å². The predicted octanol–water partition coefficient (Wildman–Crippen LogP) is 0.699. The Bertz CT molecular complexity index is 150. The Hall–Kier alpha value is -0.120. The number of nitrogens with zero attached hydrogens (tertiary/aromatic N) is 2. The van der Waals surface area contributed by atoms with E-state index in [9.17, 15) is 5.11 Å². The molecule has 0 amide bonds. The largest absolute Gasteiger partial charge is 0.459 e. The number of hydrogen-bond donors (Lipinski definition) is 1. The van der Waals surface area contributed by atoms with E-state index >= 15 is 0 Å². The molecule has 0 atom stereocenters. The average molecular weight is 197 g/mol. The molecular formula is C11H21N2O-. The maximum Gasteiger partial charge on any atom is 0.0564 e. The Morgan fingerprint density at radius 2 is 1.50 bits per heavy atom. The Kier molecular flexibility index (Phi) is 3.42. The first kappa shape index (κ1) is 10.4. The van der Waals surface area contributed by atoms with Gasteiger partial charge in [0.05, 0.1) is 6.10 Å². The summed E-state index contributed by atoms with van der Waals surface area (Å²) < 4.78 is 0. The molecule has 0 bridgehead atoms. The first-order valence-corrected chi connectivity index (χ1v) is 5.73. The van der Waals surface area contributed by atoms with Crippen molar-refractivity contribution in [3.05, 3.63) is 7.05 Å². The highest BCUT2D eigenvalue weighted by molar-refractivity contribution is 4.82. The van der Waals surface area contributed by atoms with Crippen LogP contribution in [0.3, 0.4) is 0 Å². The number of aliphatic hydroxyl groups excluding tert-OH is 1. The normalized spacial score (nSPS) is 29.6. The lowest BCUT2D eigenvalue weighted by Crippen LogP contribution is -2.47. The highest BCUT2D eigenvalue weighted by atomic mass is 16.3. The minimum absolute atomic E-state index is 0.0424. The summed E-state index contributed by atoms with van der Waals surface area (Å²) in [7, 11) is 3.96. The second-order valence-corrected chi connectivity index (χ2v) is 4.62. The molecule has 0 aromatic carbocycles. The topological polar surface area (TPSA) is 26.7 Å². The van der Waals surface area contributed by atoms with E-state index in [4.69, 9.17) is 0 Å². The molecule has 82 valence electrons. The zero-order chi connectivity index (χ0) is 9.97. The predicted molar refractivity (Wildman–Crippen MR) is 56.8 cm³/mol. The van der Waals surface area contributed by atoms with Gasteiger partial charge >= 0.3 is 0 Å². The molecule has 0 unspecified atom stereocenters. The molecule has 2 heterocycles. The number of hydrogen-bond acceptors (Lipinski definition) is 3. The zero-order valence-corrected chi connectivity index (χ0v) is 8.86. The third-order valence-electron chi connectivity index (χ3n) is 3.57. The summed E-state index contributed by atoms with van der Waals surface area (Å²) in [4.78, 5) is 4.72. The Labute approximate surface area is 86.7 Å². The molecule has 2 aliphatic rings. The van der Waals surface area contributed by atoms with E-state index in [1.807, 2.05) is 0 Å². The van der Waals surface area contributed by atoms with Crippen LogP contribution in [0, 0.1) is 7.05 Å². The molecule has 1 N–H and O–H groups in total.